The Labute approximate surface area is 114 Å². The number of methoxy groups -OCH3 is 1. The van der Waals surface area contributed by atoms with E-state index in [1.807, 2.05) is 0 Å². The van der Waals surface area contributed by atoms with Crippen LogP contribution in [-0.2, 0) is 4.74 Å². The SMILES string of the molecule is COCC(O)CN(C)c1sc(C(C)=O)cc1[N+](=O)[O-]. The largest absolute Gasteiger partial charge is 0.389 e. The molecule has 0 fully saturated rings. The van der Waals surface area contributed by atoms with E-state index in [-0.39, 0.29) is 24.6 Å². The molecule has 19 heavy (non-hydrogen) atoms. The number of nitro groups is 1. The summed E-state index contributed by atoms with van der Waals surface area (Å²) in [5.74, 6) is -0.217. The summed E-state index contributed by atoms with van der Waals surface area (Å²) in [5, 5.41) is 20.9. The number of ether oxygens (including phenoxy) is 1. The second-order valence-electron chi connectivity index (χ2n) is 4.10. The minimum atomic E-state index is -0.752. The molecule has 1 unspecified atom stereocenters. The van der Waals surface area contributed by atoms with Gasteiger partial charge >= 0.3 is 5.69 Å². The van der Waals surface area contributed by atoms with Gasteiger partial charge in [0.1, 0.15) is 0 Å². The van der Waals surface area contributed by atoms with Gasteiger partial charge in [-0.25, -0.2) is 0 Å². The predicted molar refractivity (Wildman–Crippen MR) is 72.1 cm³/mol. The van der Waals surface area contributed by atoms with Gasteiger partial charge in [0.15, 0.2) is 10.8 Å². The molecule has 7 nitrogen and oxygen atoms in total. The third-order valence-corrected chi connectivity index (χ3v) is 3.77. The molecule has 0 amide bonds. The van der Waals surface area contributed by atoms with Crippen LogP contribution in [0.3, 0.4) is 0 Å². The number of Topliss-reactive ketones (excluding diaryl/α,β-unsaturated/α-hetero) is 1. The van der Waals surface area contributed by atoms with Gasteiger partial charge in [0, 0.05) is 26.8 Å². The number of thiophene rings is 1. The zero-order valence-electron chi connectivity index (χ0n) is 11.0. The minimum absolute atomic E-state index is 0.123. The van der Waals surface area contributed by atoms with Crippen molar-refractivity contribution in [3.05, 3.63) is 21.1 Å². The summed E-state index contributed by atoms with van der Waals surface area (Å²) in [4.78, 5) is 23.6. The number of hydrogen-bond acceptors (Lipinski definition) is 7. The van der Waals surface area contributed by atoms with Crippen LogP contribution in [0.4, 0.5) is 10.7 Å². The number of anilines is 1. The standard InChI is InChI=1S/C11H16N2O5S/c1-7(14)10-4-9(13(16)17)11(19-10)12(2)5-8(15)6-18-3/h4,8,15H,5-6H2,1-3H3. The molecular formula is C11H16N2O5S. The van der Waals surface area contributed by atoms with Gasteiger partial charge in [-0.05, 0) is 6.92 Å². The molecule has 1 N–H and O–H groups in total. The van der Waals surface area contributed by atoms with Crippen LogP contribution in [0.2, 0.25) is 0 Å². The first-order valence-corrected chi connectivity index (χ1v) is 6.35. The normalized spacial score (nSPS) is 12.2. The number of nitrogens with zero attached hydrogens (tertiary/aromatic N) is 2. The quantitative estimate of drug-likeness (QED) is 0.462. The zero-order chi connectivity index (χ0) is 14.6. The number of likely N-dealkylation sites (N-methyl/N-ethyl adjacent to an activating group) is 1. The minimum Gasteiger partial charge on any atom is -0.389 e. The molecule has 0 aliphatic heterocycles. The molecule has 1 heterocycles. The Balaban J connectivity index is 2.97. The first kappa shape index (κ1) is 15.5. The van der Waals surface area contributed by atoms with Crippen molar-refractivity contribution in [1.29, 1.82) is 0 Å². The number of hydrogen-bond donors (Lipinski definition) is 1. The molecule has 0 saturated carbocycles. The summed E-state index contributed by atoms with van der Waals surface area (Å²) in [6.07, 6.45) is -0.752. The Morgan fingerprint density at radius 3 is 2.79 bits per heavy atom. The highest BCUT2D eigenvalue weighted by Crippen LogP contribution is 2.37. The van der Waals surface area contributed by atoms with Crippen molar-refractivity contribution in [2.45, 2.75) is 13.0 Å². The highest BCUT2D eigenvalue weighted by atomic mass is 32.1. The Hall–Kier alpha value is -1.51. The lowest BCUT2D eigenvalue weighted by molar-refractivity contribution is -0.383. The van der Waals surface area contributed by atoms with Crippen LogP contribution in [0.15, 0.2) is 6.07 Å². The fourth-order valence-electron chi connectivity index (χ4n) is 1.59. The first-order valence-electron chi connectivity index (χ1n) is 5.54. The van der Waals surface area contributed by atoms with E-state index in [0.29, 0.717) is 9.88 Å². The number of aliphatic hydroxyl groups excluding tert-OH is 1. The number of ketones is 1. The molecule has 0 saturated heterocycles. The zero-order valence-corrected chi connectivity index (χ0v) is 11.8. The average Bonchev–Trinajstić information content (AvgIpc) is 2.73. The number of aliphatic hydroxyl groups is 1. The number of carbonyl (C=O) groups excluding carboxylic acids is 1. The average molecular weight is 288 g/mol. The summed E-state index contributed by atoms with van der Waals surface area (Å²) in [5.41, 5.74) is -0.123. The van der Waals surface area contributed by atoms with E-state index in [4.69, 9.17) is 4.74 Å². The first-order chi connectivity index (χ1) is 8.86. The van der Waals surface area contributed by atoms with E-state index in [2.05, 4.69) is 0 Å². The maximum Gasteiger partial charge on any atom is 0.304 e. The fraction of sp³-hybridized carbons (Fsp3) is 0.545. The van der Waals surface area contributed by atoms with E-state index in [1.165, 1.54) is 20.1 Å². The van der Waals surface area contributed by atoms with Crippen LogP contribution >= 0.6 is 11.3 Å². The Bertz CT molecular complexity index is 474. The van der Waals surface area contributed by atoms with Crippen LogP contribution in [0, 0.1) is 10.1 Å². The van der Waals surface area contributed by atoms with Crippen molar-refractivity contribution in [2.75, 3.05) is 32.2 Å². The van der Waals surface area contributed by atoms with Crippen LogP contribution in [-0.4, -0.2) is 49.2 Å². The van der Waals surface area contributed by atoms with Crippen molar-refractivity contribution in [3.8, 4) is 0 Å². The Morgan fingerprint density at radius 2 is 2.32 bits per heavy atom. The van der Waals surface area contributed by atoms with E-state index in [0.717, 1.165) is 11.3 Å². The monoisotopic (exact) mass is 288 g/mol. The van der Waals surface area contributed by atoms with Gasteiger partial charge in [0.25, 0.3) is 0 Å². The second-order valence-corrected chi connectivity index (χ2v) is 5.13. The lowest BCUT2D eigenvalue weighted by Crippen LogP contribution is -2.31. The van der Waals surface area contributed by atoms with Gasteiger partial charge in [-0.2, -0.15) is 0 Å². The second kappa shape index (κ2) is 6.60. The summed E-state index contributed by atoms with van der Waals surface area (Å²) < 4.78 is 4.80. The highest BCUT2D eigenvalue weighted by molar-refractivity contribution is 7.18. The third kappa shape index (κ3) is 3.98. The molecule has 0 bridgehead atoms. The van der Waals surface area contributed by atoms with Crippen LogP contribution < -0.4 is 4.90 Å². The molecular weight excluding hydrogens is 272 g/mol. The molecule has 0 spiro atoms. The van der Waals surface area contributed by atoms with E-state index < -0.39 is 11.0 Å². The van der Waals surface area contributed by atoms with Crippen molar-refractivity contribution in [1.82, 2.24) is 0 Å². The van der Waals surface area contributed by atoms with Gasteiger partial charge < -0.3 is 14.7 Å². The molecule has 1 aromatic rings. The van der Waals surface area contributed by atoms with E-state index in [1.54, 1.807) is 11.9 Å². The van der Waals surface area contributed by atoms with Gasteiger partial charge in [0.05, 0.1) is 22.5 Å². The fourth-order valence-corrected chi connectivity index (χ4v) is 2.58. The molecule has 0 aromatic carbocycles. The predicted octanol–water partition coefficient (Wildman–Crippen LogP) is 1.30. The van der Waals surface area contributed by atoms with Gasteiger partial charge in [-0.15, -0.1) is 11.3 Å². The summed E-state index contributed by atoms with van der Waals surface area (Å²) in [6.45, 7) is 1.69. The lowest BCUT2D eigenvalue weighted by Gasteiger charge is -2.20. The molecule has 8 heteroatoms. The molecule has 0 radical (unpaired) electrons. The third-order valence-electron chi connectivity index (χ3n) is 2.43. The van der Waals surface area contributed by atoms with Gasteiger partial charge in [-0.3, -0.25) is 14.9 Å². The van der Waals surface area contributed by atoms with E-state index in [9.17, 15) is 20.0 Å². The lowest BCUT2D eigenvalue weighted by atomic mass is 10.3. The van der Waals surface area contributed by atoms with Crippen molar-refractivity contribution < 1.29 is 19.6 Å². The van der Waals surface area contributed by atoms with Crippen molar-refractivity contribution in [3.63, 3.8) is 0 Å². The summed E-state index contributed by atoms with van der Waals surface area (Å²) >= 11 is 1.05. The number of rotatable bonds is 7. The van der Waals surface area contributed by atoms with Crippen LogP contribution in [0.25, 0.3) is 0 Å². The van der Waals surface area contributed by atoms with Gasteiger partial charge in [0.2, 0.25) is 0 Å². The summed E-state index contributed by atoms with van der Waals surface area (Å²) in [6, 6.07) is 1.27. The smallest absolute Gasteiger partial charge is 0.304 e. The Morgan fingerprint density at radius 1 is 1.68 bits per heavy atom. The van der Waals surface area contributed by atoms with Crippen LogP contribution in [0.1, 0.15) is 16.6 Å². The highest BCUT2D eigenvalue weighted by Gasteiger charge is 2.24. The maximum atomic E-state index is 11.3. The van der Waals surface area contributed by atoms with E-state index >= 15 is 0 Å². The summed E-state index contributed by atoms with van der Waals surface area (Å²) in [7, 11) is 3.09. The number of carbonyl (C=O) groups is 1. The van der Waals surface area contributed by atoms with Crippen LogP contribution in [0.5, 0.6) is 0 Å². The molecule has 0 aliphatic carbocycles. The molecule has 1 aromatic heterocycles. The molecule has 0 aliphatic rings. The molecule has 1 rings (SSSR count). The topological polar surface area (TPSA) is 92.9 Å². The molecule has 106 valence electrons. The van der Waals surface area contributed by atoms with Crippen molar-refractivity contribution in [2.24, 2.45) is 0 Å². The van der Waals surface area contributed by atoms with Gasteiger partial charge in [-0.1, -0.05) is 0 Å². The molecule has 1 atom stereocenters. The maximum absolute atomic E-state index is 11.3. The Kier molecular flexibility index (Phi) is 5.40. The van der Waals surface area contributed by atoms with Crippen molar-refractivity contribution >= 4 is 27.8 Å².